The summed E-state index contributed by atoms with van der Waals surface area (Å²) in [6.07, 6.45) is 3.04. The van der Waals surface area contributed by atoms with E-state index in [4.69, 9.17) is 0 Å². The highest BCUT2D eigenvalue weighted by molar-refractivity contribution is 7.10. The van der Waals surface area contributed by atoms with E-state index >= 15 is 0 Å². The molecule has 4 nitrogen and oxygen atoms in total. The van der Waals surface area contributed by atoms with Crippen molar-refractivity contribution in [3.8, 4) is 0 Å². The summed E-state index contributed by atoms with van der Waals surface area (Å²) in [6.45, 7) is 2.23. The molecule has 1 aliphatic carbocycles. The van der Waals surface area contributed by atoms with Gasteiger partial charge in [0.2, 0.25) is 0 Å². The normalized spacial score (nSPS) is 16.9. The molecule has 1 heterocycles. The predicted molar refractivity (Wildman–Crippen MR) is 86.9 cm³/mol. The Bertz CT molecular complexity index is 735. The van der Waals surface area contributed by atoms with Crippen LogP contribution in [0.5, 0.6) is 0 Å². The highest BCUT2D eigenvalue weighted by Gasteiger charge is 2.23. The molecule has 0 radical (unpaired) electrons. The van der Waals surface area contributed by atoms with Gasteiger partial charge in [0, 0.05) is 10.3 Å². The van der Waals surface area contributed by atoms with Crippen LogP contribution in [-0.2, 0) is 12.8 Å². The minimum absolute atomic E-state index is 0.105. The van der Waals surface area contributed by atoms with E-state index in [9.17, 15) is 14.7 Å². The summed E-state index contributed by atoms with van der Waals surface area (Å²) in [4.78, 5) is 25.0. The molecule has 2 aromatic rings. The second kappa shape index (κ2) is 5.93. The zero-order valence-corrected chi connectivity index (χ0v) is 13.1. The Balaban J connectivity index is 1.86. The highest BCUT2D eigenvalue weighted by Crippen LogP contribution is 2.33. The van der Waals surface area contributed by atoms with Gasteiger partial charge in [-0.25, -0.2) is 4.79 Å². The lowest BCUT2D eigenvalue weighted by atomic mass is 9.88. The molecule has 22 heavy (non-hydrogen) atoms. The van der Waals surface area contributed by atoms with Gasteiger partial charge in [0.05, 0.1) is 16.8 Å². The molecule has 0 saturated carbocycles. The van der Waals surface area contributed by atoms with Crippen LogP contribution in [-0.4, -0.2) is 17.0 Å². The molecular weight excluding hydrogens is 298 g/mol. The largest absolute Gasteiger partial charge is 0.478 e. The lowest BCUT2D eigenvalue weighted by Gasteiger charge is -2.19. The number of carbonyl (C=O) groups excluding carboxylic acids is 1. The number of nitrogens with one attached hydrogen (secondary N) is 1. The minimum Gasteiger partial charge on any atom is -0.478 e. The molecule has 3 rings (SSSR count). The Labute approximate surface area is 132 Å². The first-order valence-corrected chi connectivity index (χ1v) is 8.17. The maximum atomic E-state index is 12.5. The van der Waals surface area contributed by atoms with Crippen LogP contribution >= 0.6 is 11.3 Å². The summed E-state index contributed by atoms with van der Waals surface area (Å²) in [6, 6.07) is 6.46. The average molecular weight is 315 g/mol. The number of hydrogen-bond donors (Lipinski definition) is 2. The standard InChI is InChI=1S/C17H17NO3S/c1-10-6-7-11-13(9-22-15(11)8-10)16(19)18-14-5-3-2-4-12(14)17(20)21/h2-5,9-10H,6-8H2,1H3,(H,18,19)(H,20,21)/t10-/m0/s1. The van der Waals surface area contributed by atoms with Crippen molar-refractivity contribution in [1.82, 2.24) is 0 Å². The van der Waals surface area contributed by atoms with Crippen molar-refractivity contribution in [2.75, 3.05) is 5.32 Å². The summed E-state index contributed by atoms with van der Waals surface area (Å²) >= 11 is 1.63. The second-order valence-corrected chi connectivity index (χ2v) is 6.67. The Morgan fingerprint density at radius 3 is 2.82 bits per heavy atom. The fourth-order valence-electron chi connectivity index (χ4n) is 2.84. The number of carbonyl (C=O) groups is 2. The predicted octanol–water partition coefficient (Wildman–Crippen LogP) is 3.82. The molecule has 0 spiro atoms. The lowest BCUT2D eigenvalue weighted by Crippen LogP contribution is -2.18. The smallest absolute Gasteiger partial charge is 0.337 e. The number of benzene rings is 1. The summed E-state index contributed by atoms with van der Waals surface area (Å²) in [5, 5.41) is 13.8. The Morgan fingerprint density at radius 2 is 2.05 bits per heavy atom. The van der Waals surface area contributed by atoms with Crippen LogP contribution in [0.2, 0.25) is 0 Å². The first-order chi connectivity index (χ1) is 10.6. The van der Waals surface area contributed by atoms with E-state index in [1.807, 2.05) is 5.38 Å². The van der Waals surface area contributed by atoms with Crippen LogP contribution < -0.4 is 5.32 Å². The SMILES string of the molecule is C[C@H]1CCc2c(C(=O)Nc3ccccc3C(=O)O)csc2C1. The second-order valence-electron chi connectivity index (χ2n) is 5.70. The number of carboxylic acid groups (broad SMARTS) is 1. The monoisotopic (exact) mass is 315 g/mol. The van der Waals surface area contributed by atoms with Gasteiger partial charge < -0.3 is 10.4 Å². The molecule has 0 aliphatic heterocycles. The molecular formula is C17H17NO3S. The Morgan fingerprint density at radius 1 is 1.27 bits per heavy atom. The zero-order valence-electron chi connectivity index (χ0n) is 12.3. The topological polar surface area (TPSA) is 66.4 Å². The van der Waals surface area contributed by atoms with Crippen molar-refractivity contribution in [3.63, 3.8) is 0 Å². The summed E-state index contributed by atoms with van der Waals surface area (Å²) in [5.74, 6) is -0.604. The van der Waals surface area contributed by atoms with E-state index in [2.05, 4.69) is 12.2 Å². The Hall–Kier alpha value is -2.14. The molecule has 114 valence electrons. The van der Waals surface area contributed by atoms with Gasteiger partial charge in [-0.3, -0.25) is 4.79 Å². The molecule has 0 unspecified atom stereocenters. The number of rotatable bonds is 3. The summed E-state index contributed by atoms with van der Waals surface area (Å²) in [5.41, 5.74) is 2.26. The fourth-order valence-corrected chi connectivity index (χ4v) is 4.08. The first-order valence-electron chi connectivity index (χ1n) is 7.29. The highest BCUT2D eigenvalue weighted by atomic mass is 32.1. The van der Waals surface area contributed by atoms with Crippen molar-refractivity contribution in [2.24, 2.45) is 5.92 Å². The fraction of sp³-hybridized carbons (Fsp3) is 0.294. The van der Waals surface area contributed by atoms with E-state index in [0.717, 1.165) is 24.8 Å². The number of para-hydroxylation sites is 1. The van der Waals surface area contributed by atoms with Crippen LogP contribution in [0.3, 0.4) is 0 Å². The van der Waals surface area contributed by atoms with E-state index in [1.54, 1.807) is 29.5 Å². The van der Waals surface area contributed by atoms with E-state index < -0.39 is 5.97 Å². The van der Waals surface area contributed by atoms with Crippen molar-refractivity contribution in [1.29, 1.82) is 0 Å². The number of fused-ring (bicyclic) bond motifs is 1. The van der Waals surface area contributed by atoms with Gasteiger partial charge in [0.15, 0.2) is 0 Å². The van der Waals surface area contributed by atoms with Gasteiger partial charge in [0.1, 0.15) is 0 Å². The number of amides is 1. The lowest BCUT2D eigenvalue weighted by molar-refractivity contribution is 0.0698. The van der Waals surface area contributed by atoms with Crippen molar-refractivity contribution >= 4 is 28.9 Å². The van der Waals surface area contributed by atoms with E-state index in [-0.39, 0.29) is 11.5 Å². The molecule has 0 fully saturated rings. The van der Waals surface area contributed by atoms with Gasteiger partial charge in [-0.15, -0.1) is 11.3 Å². The van der Waals surface area contributed by atoms with E-state index in [1.165, 1.54) is 10.9 Å². The van der Waals surface area contributed by atoms with Gasteiger partial charge in [0.25, 0.3) is 5.91 Å². The third-order valence-electron chi connectivity index (χ3n) is 4.05. The Kier molecular flexibility index (Phi) is 3.98. The van der Waals surface area contributed by atoms with Crippen LogP contribution in [0, 0.1) is 5.92 Å². The number of carboxylic acids is 1. The van der Waals surface area contributed by atoms with Crippen molar-refractivity contribution < 1.29 is 14.7 Å². The van der Waals surface area contributed by atoms with Gasteiger partial charge in [-0.05, 0) is 42.9 Å². The van der Waals surface area contributed by atoms with E-state index in [0.29, 0.717) is 17.2 Å². The number of aromatic carboxylic acids is 1. The van der Waals surface area contributed by atoms with Crippen molar-refractivity contribution in [2.45, 2.75) is 26.2 Å². The van der Waals surface area contributed by atoms with Crippen LogP contribution in [0.1, 0.15) is 44.5 Å². The maximum Gasteiger partial charge on any atom is 0.337 e. The maximum absolute atomic E-state index is 12.5. The summed E-state index contributed by atoms with van der Waals surface area (Å²) < 4.78 is 0. The van der Waals surface area contributed by atoms with Gasteiger partial charge in [-0.2, -0.15) is 0 Å². The molecule has 1 amide bonds. The van der Waals surface area contributed by atoms with Gasteiger partial charge >= 0.3 is 5.97 Å². The number of hydrogen-bond acceptors (Lipinski definition) is 3. The van der Waals surface area contributed by atoms with Crippen molar-refractivity contribution in [3.05, 3.63) is 51.2 Å². The third kappa shape index (κ3) is 2.76. The van der Waals surface area contributed by atoms with Gasteiger partial charge in [-0.1, -0.05) is 19.1 Å². The number of anilines is 1. The third-order valence-corrected chi connectivity index (χ3v) is 5.10. The quantitative estimate of drug-likeness (QED) is 0.904. The van der Waals surface area contributed by atoms with Crippen LogP contribution in [0.25, 0.3) is 0 Å². The molecule has 1 aromatic heterocycles. The molecule has 1 atom stereocenters. The molecule has 5 heteroatoms. The zero-order chi connectivity index (χ0) is 15.7. The molecule has 1 aromatic carbocycles. The average Bonchev–Trinajstić information content (AvgIpc) is 2.90. The molecule has 0 saturated heterocycles. The van der Waals surface area contributed by atoms with Crippen LogP contribution in [0.4, 0.5) is 5.69 Å². The minimum atomic E-state index is -1.04. The van der Waals surface area contributed by atoms with Crippen LogP contribution in [0.15, 0.2) is 29.6 Å². The first kappa shape index (κ1) is 14.8. The molecule has 2 N–H and O–H groups in total. The summed E-state index contributed by atoms with van der Waals surface area (Å²) in [7, 11) is 0. The molecule has 1 aliphatic rings. The molecule has 0 bridgehead atoms. The number of thiophene rings is 1.